The number of carbonyl (C=O) groups excluding carboxylic acids is 1. The number of benzene rings is 1. The van der Waals surface area contributed by atoms with E-state index in [9.17, 15) is 18.0 Å². The van der Waals surface area contributed by atoms with E-state index < -0.39 is 23.4 Å². The molecule has 1 aromatic carbocycles. The van der Waals surface area contributed by atoms with Gasteiger partial charge in [0.2, 0.25) is 0 Å². The second kappa shape index (κ2) is 4.54. The summed E-state index contributed by atoms with van der Waals surface area (Å²) >= 11 is 0. The lowest BCUT2D eigenvalue weighted by Gasteiger charge is -2.19. The zero-order valence-corrected chi connectivity index (χ0v) is 11.2. The molecule has 0 aliphatic rings. The summed E-state index contributed by atoms with van der Waals surface area (Å²) in [5.74, 6) is 0. The summed E-state index contributed by atoms with van der Waals surface area (Å²) in [6.07, 6.45) is -2.63. The van der Waals surface area contributed by atoms with Crippen molar-refractivity contribution in [1.29, 1.82) is 0 Å². The van der Waals surface area contributed by atoms with Gasteiger partial charge in [-0.1, -0.05) is 6.07 Å². The molecule has 3 nitrogen and oxygen atoms in total. The first-order valence-corrected chi connectivity index (χ1v) is 5.92. The monoisotopic (exact) mass is 284 g/mol. The molecule has 6 heteroatoms. The van der Waals surface area contributed by atoms with Crippen molar-refractivity contribution in [2.45, 2.75) is 32.5 Å². The predicted octanol–water partition coefficient (Wildman–Crippen LogP) is 4.24. The molecule has 0 aliphatic heterocycles. The Balaban J connectivity index is 2.47. The highest BCUT2D eigenvalue weighted by Gasteiger charge is 2.31. The molecule has 1 heterocycles. The average Bonchev–Trinajstić information content (AvgIpc) is 2.67. The number of hydrogen-bond donors (Lipinski definition) is 0. The third-order valence-electron chi connectivity index (χ3n) is 2.52. The molecule has 0 saturated heterocycles. The predicted molar refractivity (Wildman–Crippen MR) is 67.4 cm³/mol. The minimum Gasteiger partial charge on any atom is -0.443 e. The van der Waals surface area contributed by atoms with E-state index in [2.05, 4.69) is 6.20 Å². The Kier molecular flexibility index (Phi) is 3.28. The van der Waals surface area contributed by atoms with Gasteiger partial charge < -0.3 is 4.74 Å². The third-order valence-corrected chi connectivity index (χ3v) is 2.52. The summed E-state index contributed by atoms with van der Waals surface area (Å²) in [6, 6.07) is 4.63. The van der Waals surface area contributed by atoms with Crippen molar-refractivity contribution in [1.82, 2.24) is 4.57 Å². The second-order valence-electron chi connectivity index (χ2n) is 5.36. The van der Waals surface area contributed by atoms with Gasteiger partial charge in [-0.05, 0) is 39.0 Å². The first-order valence-electron chi connectivity index (χ1n) is 5.92. The standard InChI is InChI=1S/C14H13F3NO2/c1-13(2,3)20-12(19)18-7-6-9-4-5-10(8-11(9)18)14(15,16)17/h4-6,8H,1-3H3. The van der Waals surface area contributed by atoms with Gasteiger partial charge in [-0.25, -0.2) is 9.36 Å². The molecule has 107 valence electrons. The van der Waals surface area contributed by atoms with Gasteiger partial charge in [-0.3, -0.25) is 0 Å². The minimum atomic E-state index is -4.46. The van der Waals surface area contributed by atoms with Crippen LogP contribution in [0.5, 0.6) is 0 Å². The van der Waals surface area contributed by atoms with Crippen LogP contribution in [0.15, 0.2) is 24.3 Å². The van der Waals surface area contributed by atoms with E-state index in [1.807, 2.05) is 0 Å². The number of ether oxygens (including phenoxy) is 1. The summed E-state index contributed by atoms with van der Waals surface area (Å²) in [7, 11) is 0. The molecule has 2 rings (SSSR count). The van der Waals surface area contributed by atoms with Crippen LogP contribution in [0.2, 0.25) is 0 Å². The molecule has 0 N–H and O–H groups in total. The molecule has 1 radical (unpaired) electrons. The normalized spacial score (nSPS) is 12.7. The van der Waals surface area contributed by atoms with Crippen LogP contribution in [-0.2, 0) is 10.9 Å². The lowest BCUT2D eigenvalue weighted by Crippen LogP contribution is -2.26. The van der Waals surface area contributed by atoms with Crippen LogP contribution >= 0.6 is 0 Å². The van der Waals surface area contributed by atoms with Gasteiger partial charge in [0.25, 0.3) is 0 Å². The molecule has 0 saturated carbocycles. The fraction of sp³-hybridized carbons (Fsp3) is 0.357. The van der Waals surface area contributed by atoms with Crippen LogP contribution in [0.1, 0.15) is 26.3 Å². The Hall–Kier alpha value is -1.98. The van der Waals surface area contributed by atoms with Gasteiger partial charge in [0.1, 0.15) is 5.60 Å². The second-order valence-corrected chi connectivity index (χ2v) is 5.36. The summed E-state index contributed by atoms with van der Waals surface area (Å²) in [6.45, 7) is 5.03. The fourth-order valence-electron chi connectivity index (χ4n) is 1.70. The smallest absolute Gasteiger partial charge is 0.419 e. The van der Waals surface area contributed by atoms with E-state index in [1.54, 1.807) is 20.8 Å². The van der Waals surface area contributed by atoms with Crippen LogP contribution in [0, 0.1) is 6.20 Å². The Morgan fingerprint density at radius 3 is 2.45 bits per heavy atom. The van der Waals surface area contributed by atoms with E-state index in [-0.39, 0.29) is 5.52 Å². The number of carbonyl (C=O) groups is 1. The van der Waals surface area contributed by atoms with Crippen molar-refractivity contribution < 1.29 is 22.7 Å². The highest BCUT2D eigenvalue weighted by Crippen LogP contribution is 2.31. The zero-order valence-electron chi connectivity index (χ0n) is 11.2. The van der Waals surface area contributed by atoms with Gasteiger partial charge in [-0.2, -0.15) is 13.2 Å². The van der Waals surface area contributed by atoms with Gasteiger partial charge in [0, 0.05) is 5.39 Å². The molecule has 20 heavy (non-hydrogen) atoms. The Morgan fingerprint density at radius 2 is 1.90 bits per heavy atom. The quantitative estimate of drug-likeness (QED) is 0.724. The number of nitrogens with zero attached hydrogens (tertiary/aromatic N) is 1. The van der Waals surface area contributed by atoms with Gasteiger partial charge in [0.05, 0.1) is 17.3 Å². The molecule has 2 aromatic rings. The van der Waals surface area contributed by atoms with E-state index >= 15 is 0 Å². The van der Waals surface area contributed by atoms with Gasteiger partial charge >= 0.3 is 12.3 Å². The SMILES string of the molecule is CC(C)(C)OC(=O)n1[c]cc2ccc(C(F)(F)F)cc21. The Labute approximate surface area is 113 Å². The minimum absolute atomic E-state index is 0.120. The van der Waals surface area contributed by atoms with E-state index in [0.717, 1.165) is 16.7 Å². The largest absolute Gasteiger partial charge is 0.443 e. The third kappa shape index (κ3) is 2.95. The van der Waals surface area contributed by atoms with Crippen molar-refractivity contribution in [3.8, 4) is 0 Å². The maximum absolute atomic E-state index is 12.7. The van der Waals surface area contributed by atoms with Crippen LogP contribution in [-0.4, -0.2) is 16.3 Å². The maximum atomic E-state index is 12.7. The summed E-state index contributed by atoms with van der Waals surface area (Å²) in [4.78, 5) is 11.9. The zero-order chi connectivity index (χ0) is 15.1. The van der Waals surface area contributed by atoms with Crippen molar-refractivity contribution in [2.75, 3.05) is 0 Å². The van der Waals surface area contributed by atoms with Crippen LogP contribution in [0.25, 0.3) is 10.9 Å². The van der Waals surface area contributed by atoms with E-state index in [1.165, 1.54) is 12.1 Å². The number of hydrogen-bond acceptors (Lipinski definition) is 2. The lowest BCUT2D eigenvalue weighted by atomic mass is 10.1. The highest BCUT2D eigenvalue weighted by atomic mass is 19.4. The number of alkyl halides is 3. The van der Waals surface area contributed by atoms with Crippen molar-refractivity contribution in [2.24, 2.45) is 0 Å². The molecular weight excluding hydrogens is 271 g/mol. The maximum Gasteiger partial charge on any atom is 0.419 e. The molecule has 0 atom stereocenters. The lowest BCUT2D eigenvalue weighted by molar-refractivity contribution is -0.137. The van der Waals surface area contributed by atoms with Crippen LogP contribution in [0.4, 0.5) is 18.0 Å². The molecular formula is C14H13F3NO2. The molecule has 0 amide bonds. The van der Waals surface area contributed by atoms with Gasteiger partial charge in [-0.15, -0.1) is 0 Å². The number of rotatable bonds is 0. The molecule has 0 bridgehead atoms. The topological polar surface area (TPSA) is 31.2 Å². The number of aromatic nitrogens is 1. The number of fused-ring (bicyclic) bond motifs is 1. The highest BCUT2D eigenvalue weighted by molar-refractivity contribution is 5.89. The molecule has 0 aliphatic carbocycles. The summed E-state index contributed by atoms with van der Waals surface area (Å²) in [5, 5.41) is 0.490. The average molecular weight is 284 g/mol. The van der Waals surface area contributed by atoms with E-state index in [0.29, 0.717) is 5.39 Å². The van der Waals surface area contributed by atoms with Crippen molar-refractivity contribution in [3.63, 3.8) is 0 Å². The molecule has 1 aromatic heterocycles. The summed E-state index contributed by atoms with van der Waals surface area (Å²) in [5.41, 5.74) is -1.43. The molecule has 0 unspecified atom stereocenters. The molecule has 0 spiro atoms. The van der Waals surface area contributed by atoms with E-state index in [4.69, 9.17) is 4.74 Å². The molecule has 0 fully saturated rings. The number of halogens is 3. The Morgan fingerprint density at radius 1 is 1.25 bits per heavy atom. The van der Waals surface area contributed by atoms with Crippen molar-refractivity contribution >= 4 is 17.0 Å². The Bertz CT molecular complexity index is 650. The first-order chi connectivity index (χ1) is 9.08. The van der Waals surface area contributed by atoms with Crippen molar-refractivity contribution in [3.05, 3.63) is 36.0 Å². The van der Waals surface area contributed by atoms with Crippen LogP contribution in [0.3, 0.4) is 0 Å². The first kappa shape index (κ1) is 14.4. The van der Waals surface area contributed by atoms with Gasteiger partial charge in [0.15, 0.2) is 0 Å². The summed E-state index contributed by atoms with van der Waals surface area (Å²) < 4.78 is 44.2. The fourth-order valence-corrected chi connectivity index (χ4v) is 1.70. The van der Waals surface area contributed by atoms with Crippen LogP contribution < -0.4 is 0 Å².